The molecule has 0 radical (unpaired) electrons. The van der Waals surface area contributed by atoms with Gasteiger partial charge in [-0.2, -0.15) is 0 Å². The van der Waals surface area contributed by atoms with Crippen molar-refractivity contribution < 1.29 is 18.9 Å². The van der Waals surface area contributed by atoms with Gasteiger partial charge in [-0.15, -0.1) is 0 Å². The van der Waals surface area contributed by atoms with Gasteiger partial charge >= 0.3 is 0 Å². The van der Waals surface area contributed by atoms with Crippen LogP contribution in [0.25, 0.3) is 0 Å². The van der Waals surface area contributed by atoms with Gasteiger partial charge in [0.25, 0.3) is 0 Å². The quantitative estimate of drug-likeness (QED) is 0.463. The van der Waals surface area contributed by atoms with Crippen molar-refractivity contribution in [2.75, 3.05) is 20.0 Å². The second-order valence-corrected chi connectivity index (χ2v) is 2.97. The van der Waals surface area contributed by atoms with Crippen LogP contribution in [0.2, 0.25) is 0 Å². The van der Waals surface area contributed by atoms with Crippen LogP contribution < -0.4 is 0 Å². The Labute approximate surface area is 63.7 Å². The molecule has 0 N–H and O–H groups in total. The summed E-state index contributed by atoms with van der Waals surface area (Å²) in [6.45, 7) is 1.63. The van der Waals surface area contributed by atoms with E-state index >= 15 is 0 Å². The van der Waals surface area contributed by atoms with Crippen molar-refractivity contribution in [1.29, 1.82) is 0 Å². The highest BCUT2D eigenvalue weighted by Crippen LogP contribution is 2.37. The van der Waals surface area contributed by atoms with E-state index in [0.29, 0.717) is 13.4 Å². The highest BCUT2D eigenvalue weighted by Gasteiger charge is 2.49. The molecule has 2 atom stereocenters. The van der Waals surface area contributed by atoms with Crippen LogP contribution in [-0.2, 0) is 18.9 Å². The Balaban J connectivity index is 1.93. The van der Waals surface area contributed by atoms with Gasteiger partial charge in [0.2, 0.25) is 6.29 Å². The van der Waals surface area contributed by atoms with E-state index in [1.54, 1.807) is 0 Å². The third-order valence-corrected chi connectivity index (χ3v) is 2.08. The first-order valence-corrected chi connectivity index (χ1v) is 3.61. The van der Waals surface area contributed by atoms with Crippen molar-refractivity contribution in [3.05, 3.63) is 11.8 Å². The first kappa shape index (κ1) is 5.99. The number of epoxide rings is 1. The predicted molar refractivity (Wildman–Crippen MR) is 33.5 cm³/mol. The molecule has 2 unspecified atom stereocenters. The molecule has 1 spiro atoms. The predicted octanol–water partition coefficient (Wildman–Crippen LogP) is -0.0001000. The van der Waals surface area contributed by atoms with Crippen molar-refractivity contribution in [3.63, 3.8) is 0 Å². The molecule has 60 valence electrons. The van der Waals surface area contributed by atoms with E-state index in [2.05, 4.69) is 0 Å². The monoisotopic (exact) mass is 156 g/mol. The summed E-state index contributed by atoms with van der Waals surface area (Å²) < 4.78 is 20.8. The fourth-order valence-electron chi connectivity index (χ4n) is 1.33. The molecule has 2 fully saturated rings. The van der Waals surface area contributed by atoms with E-state index < -0.39 is 0 Å². The third kappa shape index (κ3) is 0.803. The number of ether oxygens (including phenoxy) is 4. The summed E-state index contributed by atoms with van der Waals surface area (Å²) in [5, 5.41) is 0. The lowest BCUT2D eigenvalue weighted by molar-refractivity contribution is -0.113. The Morgan fingerprint density at radius 1 is 1.36 bits per heavy atom. The van der Waals surface area contributed by atoms with E-state index in [4.69, 9.17) is 18.9 Å². The van der Waals surface area contributed by atoms with Gasteiger partial charge in [0.15, 0.2) is 12.6 Å². The standard InChI is InChI=1S/C7H8O4/c1-5-6(10-4-9-5)8-2-7(1)3-11-7/h1,6H,2-4H2. The van der Waals surface area contributed by atoms with Gasteiger partial charge < -0.3 is 18.9 Å². The first-order chi connectivity index (χ1) is 5.38. The van der Waals surface area contributed by atoms with Gasteiger partial charge in [0.05, 0.1) is 13.2 Å². The van der Waals surface area contributed by atoms with Gasteiger partial charge in [-0.3, -0.25) is 0 Å². The molecule has 0 aromatic rings. The van der Waals surface area contributed by atoms with Gasteiger partial charge in [-0.05, 0) is 6.08 Å². The molecule has 3 heterocycles. The average molecular weight is 156 g/mol. The van der Waals surface area contributed by atoms with Crippen LogP contribution >= 0.6 is 0 Å². The van der Waals surface area contributed by atoms with E-state index in [0.717, 1.165) is 12.4 Å². The van der Waals surface area contributed by atoms with Crippen molar-refractivity contribution >= 4 is 0 Å². The fraction of sp³-hybridized carbons (Fsp3) is 0.714. The van der Waals surface area contributed by atoms with Crippen molar-refractivity contribution in [2.24, 2.45) is 0 Å². The van der Waals surface area contributed by atoms with Gasteiger partial charge in [0, 0.05) is 0 Å². The van der Waals surface area contributed by atoms with E-state index in [1.165, 1.54) is 0 Å². The fourth-order valence-corrected chi connectivity index (χ4v) is 1.33. The molecule has 0 bridgehead atoms. The maximum Gasteiger partial charge on any atom is 0.219 e. The molecule has 2 saturated heterocycles. The number of hydrogen-bond acceptors (Lipinski definition) is 4. The summed E-state index contributed by atoms with van der Waals surface area (Å²) >= 11 is 0. The molecule has 0 aromatic heterocycles. The van der Waals surface area contributed by atoms with Crippen LogP contribution in [0, 0.1) is 0 Å². The lowest BCUT2D eigenvalue weighted by Gasteiger charge is -2.18. The molecule has 0 amide bonds. The van der Waals surface area contributed by atoms with E-state index in [-0.39, 0.29) is 11.9 Å². The molecule has 3 aliphatic rings. The van der Waals surface area contributed by atoms with Crippen LogP contribution in [0.3, 0.4) is 0 Å². The molecule has 0 aliphatic carbocycles. The minimum atomic E-state index is -0.273. The lowest BCUT2D eigenvalue weighted by atomic mass is 10.1. The second-order valence-electron chi connectivity index (χ2n) is 2.97. The SMILES string of the molecule is C1=C2OCOC2OCC12CO2. The Morgan fingerprint density at radius 3 is 3.09 bits per heavy atom. The number of fused-ring (bicyclic) bond motifs is 1. The smallest absolute Gasteiger partial charge is 0.219 e. The Hall–Kier alpha value is -0.580. The summed E-state index contributed by atoms with van der Waals surface area (Å²) in [7, 11) is 0. The van der Waals surface area contributed by atoms with Crippen molar-refractivity contribution in [2.45, 2.75) is 11.9 Å². The van der Waals surface area contributed by atoms with Crippen molar-refractivity contribution in [3.8, 4) is 0 Å². The molecular formula is C7H8O4. The molecule has 0 aromatic carbocycles. The zero-order chi connectivity index (χ0) is 7.31. The van der Waals surface area contributed by atoms with Gasteiger partial charge in [0.1, 0.15) is 5.60 Å². The molecule has 4 nitrogen and oxygen atoms in total. The number of hydrogen-bond donors (Lipinski definition) is 0. The summed E-state index contributed by atoms with van der Waals surface area (Å²) in [4.78, 5) is 0. The zero-order valence-corrected chi connectivity index (χ0v) is 5.91. The Kier molecular flexibility index (Phi) is 0.965. The molecule has 4 heteroatoms. The van der Waals surface area contributed by atoms with E-state index in [9.17, 15) is 0 Å². The highest BCUT2D eigenvalue weighted by molar-refractivity contribution is 5.19. The maximum absolute atomic E-state index is 5.34. The molecule has 3 aliphatic heterocycles. The number of rotatable bonds is 0. The summed E-state index contributed by atoms with van der Waals surface area (Å²) in [6, 6.07) is 0. The topological polar surface area (TPSA) is 40.2 Å². The summed E-state index contributed by atoms with van der Waals surface area (Å²) in [6.07, 6.45) is 1.69. The molecular weight excluding hydrogens is 148 g/mol. The van der Waals surface area contributed by atoms with Crippen LogP contribution in [0.1, 0.15) is 0 Å². The largest absolute Gasteiger partial charge is 0.467 e. The maximum atomic E-state index is 5.34. The van der Waals surface area contributed by atoms with Crippen LogP contribution in [0.4, 0.5) is 0 Å². The third-order valence-electron chi connectivity index (χ3n) is 2.08. The zero-order valence-electron chi connectivity index (χ0n) is 5.91. The molecule has 0 saturated carbocycles. The van der Waals surface area contributed by atoms with Gasteiger partial charge in [-0.25, -0.2) is 0 Å². The summed E-state index contributed by atoms with van der Waals surface area (Å²) in [5.41, 5.74) is -0.167. The summed E-state index contributed by atoms with van der Waals surface area (Å²) in [5.74, 6) is 0.772. The molecule has 11 heavy (non-hydrogen) atoms. The Bertz CT molecular complexity index is 218. The van der Waals surface area contributed by atoms with E-state index in [1.807, 2.05) is 6.08 Å². The lowest BCUT2D eigenvalue weighted by Crippen LogP contribution is -2.29. The van der Waals surface area contributed by atoms with Crippen LogP contribution in [0.15, 0.2) is 11.8 Å². The second kappa shape index (κ2) is 1.77. The first-order valence-electron chi connectivity index (χ1n) is 3.61. The molecule has 3 rings (SSSR count). The Morgan fingerprint density at radius 2 is 2.27 bits per heavy atom. The average Bonchev–Trinajstić information content (AvgIpc) is 2.63. The van der Waals surface area contributed by atoms with Crippen molar-refractivity contribution in [1.82, 2.24) is 0 Å². The van der Waals surface area contributed by atoms with Gasteiger partial charge in [-0.1, -0.05) is 0 Å². The van der Waals surface area contributed by atoms with Crippen LogP contribution in [0.5, 0.6) is 0 Å². The minimum absolute atomic E-state index is 0.167. The normalized spacial score (nSPS) is 46.5. The highest BCUT2D eigenvalue weighted by atomic mass is 16.8. The minimum Gasteiger partial charge on any atom is -0.467 e. The van der Waals surface area contributed by atoms with Crippen LogP contribution in [-0.4, -0.2) is 31.9 Å².